The van der Waals surface area contributed by atoms with Gasteiger partial charge in [-0.15, -0.1) is 0 Å². The third-order valence-electron chi connectivity index (χ3n) is 2.23. The maximum atomic E-state index is 11.1. The fourth-order valence-corrected chi connectivity index (χ4v) is 1.72. The second-order valence-corrected chi connectivity index (χ2v) is 4.37. The van der Waals surface area contributed by atoms with E-state index in [1.165, 1.54) is 6.08 Å². The van der Waals surface area contributed by atoms with E-state index in [2.05, 4.69) is 6.58 Å². The Hall–Kier alpha value is -0.650. The summed E-state index contributed by atoms with van der Waals surface area (Å²) in [6.45, 7) is 3.78. The molecule has 17 heavy (non-hydrogen) atoms. The van der Waals surface area contributed by atoms with Crippen molar-refractivity contribution in [2.45, 2.75) is 38.5 Å². The molecule has 0 rings (SSSR count). The van der Waals surface area contributed by atoms with Gasteiger partial charge in [0, 0.05) is 12.5 Å². The first kappa shape index (κ1) is 16.4. The van der Waals surface area contributed by atoms with Gasteiger partial charge in [-0.2, -0.15) is 0 Å². The van der Waals surface area contributed by atoms with E-state index in [0.29, 0.717) is 13.0 Å². The number of hydrogen-bond acceptors (Lipinski definition) is 3. The lowest BCUT2D eigenvalue weighted by atomic mass is 10.1. The molecule has 0 aliphatic heterocycles. The predicted octanol–water partition coefficient (Wildman–Crippen LogP) is 3.57. The molecular formula is C13H19IO3. The van der Waals surface area contributed by atoms with Gasteiger partial charge in [-0.05, 0) is 23.0 Å². The molecule has 0 aliphatic rings. The van der Waals surface area contributed by atoms with Crippen molar-refractivity contribution in [2.24, 2.45) is 0 Å². The van der Waals surface area contributed by atoms with E-state index in [0.717, 1.165) is 32.1 Å². The van der Waals surface area contributed by atoms with E-state index >= 15 is 0 Å². The van der Waals surface area contributed by atoms with Crippen LogP contribution in [-0.4, -0.2) is 18.4 Å². The average Bonchev–Trinajstić information content (AvgIpc) is 2.32. The van der Waals surface area contributed by atoms with E-state index in [4.69, 9.17) is 4.74 Å². The molecule has 0 saturated heterocycles. The smallest absolute Gasteiger partial charge is 0.330 e. The fourth-order valence-electron chi connectivity index (χ4n) is 1.32. The van der Waals surface area contributed by atoms with Crippen LogP contribution >= 0.6 is 22.6 Å². The molecule has 0 radical (unpaired) electrons. The molecule has 0 unspecified atom stereocenters. The first-order valence-corrected chi connectivity index (χ1v) is 7.04. The summed E-state index contributed by atoms with van der Waals surface area (Å²) < 4.78 is 6.59. The molecule has 0 bridgehead atoms. The summed E-state index contributed by atoms with van der Waals surface area (Å²) in [5.41, 5.74) is 0. The molecule has 3 nitrogen and oxygen atoms in total. The van der Waals surface area contributed by atoms with Gasteiger partial charge in [0.2, 0.25) is 0 Å². The number of halogens is 1. The number of allylic oxidation sites excluding steroid dienone is 1. The number of hydrogen-bond donors (Lipinski definition) is 0. The standard InChI is InChI=1S/C13H19IO3/c1-2-13(16)17-11-7-5-3-4-6-8-12(15)9-10-14/h2,9-10H,1,3-8,11H2/b10-9+. The Labute approximate surface area is 116 Å². The number of ketones is 1. The summed E-state index contributed by atoms with van der Waals surface area (Å²) in [6, 6.07) is 0. The number of ether oxygens (including phenoxy) is 1. The molecular weight excluding hydrogens is 331 g/mol. The number of carbonyl (C=O) groups excluding carboxylic acids is 2. The predicted molar refractivity (Wildman–Crippen MR) is 77.0 cm³/mol. The zero-order valence-electron chi connectivity index (χ0n) is 9.99. The number of rotatable bonds is 10. The van der Waals surface area contributed by atoms with Gasteiger partial charge in [0.1, 0.15) is 0 Å². The summed E-state index contributed by atoms with van der Waals surface area (Å²) in [6.07, 6.45) is 8.38. The lowest BCUT2D eigenvalue weighted by Crippen LogP contribution is -2.01. The van der Waals surface area contributed by atoms with Gasteiger partial charge >= 0.3 is 5.97 Å². The van der Waals surface area contributed by atoms with Gasteiger partial charge in [-0.3, -0.25) is 4.79 Å². The van der Waals surface area contributed by atoms with Crippen molar-refractivity contribution in [3.8, 4) is 0 Å². The van der Waals surface area contributed by atoms with Crippen molar-refractivity contribution in [3.63, 3.8) is 0 Å². The Kier molecular flexibility index (Phi) is 11.4. The lowest BCUT2D eigenvalue weighted by molar-refractivity contribution is -0.137. The molecule has 0 aromatic heterocycles. The third-order valence-corrected chi connectivity index (χ3v) is 2.59. The van der Waals surface area contributed by atoms with Crippen molar-refractivity contribution >= 4 is 34.3 Å². The summed E-state index contributed by atoms with van der Waals surface area (Å²) in [7, 11) is 0. The van der Waals surface area contributed by atoms with Gasteiger partial charge in [0.15, 0.2) is 5.78 Å². The van der Waals surface area contributed by atoms with E-state index in [9.17, 15) is 9.59 Å². The van der Waals surface area contributed by atoms with Crippen LogP contribution in [0, 0.1) is 0 Å². The number of esters is 1. The van der Waals surface area contributed by atoms with Crippen molar-refractivity contribution < 1.29 is 14.3 Å². The van der Waals surface area contributed by atoms with E-state index < -0.39 is 0 Å². The fraction of sp³-hybridized carbons (Fsp3) is 0.538. The minimum absolute atomic E-state index is 0.194. The highest BCUT2D eigenvalue weighted by Crippen LogP contribution is 2.06. The molecule has 0 spiro atoms. The Morgan fingerprint density at radius 3 is 2.41 bits per heavy atom. The highest BCUT2D eigenvalue weighted by molar-refractivity contribution is 14.1. The third kappa shape index (κ3) is 11.6. The maximum absolute atomic E-state index is 11.1. The maximum Gasteiger partial charge on any atom is 0.330 e. The van der Waals surface area contributed by atoms with Gasteiger partial charge in [-0.25, -0.2) is 4.79 Å². The van der Waals surface area contributed by atoms with E-state index in [1.807, 2.05) is 22.6 Å². The Morgan fingerprint density at radius 2 is 1.76 bits per heavy atom. The summed E-state index contributed by atoms with van der Waals surface area (Å²) in [5, 5.41) is 0. The summed E-state index contributed by atoms with van der Waals surface area (Å²) >= 11 is 2.04. The van der Waals surface area contributed by atoms with Crippen molar-refractivity contribution in [1.82, 2.24) is 0 Å². The van der Waals surface area contributed by atoms with Crippen LogP contribution in [0.4, 0.5) is 0 Å². The van der Waals surface area contributed by atoms with Crippen LogP contribution in [0.1, 0.15) is 38.5 Å². The minimum atomic E-state index is -0.360. The quantitative estimate of drug-likeness (QED) is 0.262. The van der Waals surface area contributed by atoms with Gasteiger partial charge in [0.25, 0.3) is 0 Å². The molecule has 0 fully saturated rings. The monoisotopic (exact) mass is 350 g/mol. The first-order chi connectivity index (χ1) is 8.20. The van der Waals surface area contributed by atoms with E-state index in [-0.39, 0.29) is 11.8 Å². The Bertz CT molecular complexity index is 272. The zero-order chi connectivity index (χ0) is 12.9. The van der Waals surface area contributed by atoms with Crippen molar-refractivity contribution in [2.75, 3.05) is 6.61 Å². The van der Waals surface area contributed by atoms with Gasteiger partial charge in [0.05, 0.1) is 6.61 Å². The average molecular weight is 350 g/mol. The Balaban J connectivity index is 3.21. The van der Waals surface area contributed by atoms with Crippen LogP contribution in [0.5, 0.6) is 0 Å². The minimum Gasteiger partial charge on any atom is -0.463 e. The van der Waals surface area contributed by atoms with Crippen LogP contribution in [0.3, 0.4) is 0 Å². The molecule has 0 N–H and O–H groups in total. The molecule has 0 aromatic carbocycles. The number of carbonyl (C=O) groups is 2. The van der Waals surface area contributed by atoms with E-state index in [1.54, 1.807) is 10.2 Å². The van der Waals surface area contributed by atoms with Gasteiger partial charge in [-0.1, -0.05) is 48.4 Å². The van der Waals surface area contributed by atoms with Crippen LogP contribution in [-0.2, 0) is 14.3 Å². The molecule has 0 aliphatic carbocycles. The number of unbranched alkanes of at least 4 members (excludes halogenated alkanes) is 4. The molecule has 0 heterocycles. The highest BCUT2D eigenvalue weighted by atomic mass is 127. The molecule has 0 aromatic rings. The molecule has 0 atom stereocenters. The van der Waals surface area contributed by atoms with Gasteiger partial charge < -0.3 is 4.74 Å². The summed E-state index contributed by atoms with van der Waals surface area (Å²) in [4.78, 5) is 21.8. The largest absolute Gasteiger partial charge is 0.463 e. The summed E-state index contributed by atoms with van der Waals surface area (Å²) in [5.74, 6) is -0.166. The molecule has 96 valence electrons. The second-order valence-electron chi connectivity index (χ2n) is 3.65. The van der Waals surface area contributed by atoms with Crippen LogP contribution < -0.4 is 0 Å². The van der Waals surface area contributed by atoms with Crippen LogP contribution in [0.2, 0.25) is 0 Å². The topological polar surface area (TPSA) is 43.4 Å². The second kappa shape index (κ2) is 11.8. The van der Waals surface area contributed by atoms with Crippen LogP contribution in [0.25, 0.3) is 0 Å². The lowest BCUT2D eigenvalue weighted by Gasteiger charge is -2.02. The first-order valence-electron chi connectivity index (χ1n) is 5.79. The molecule has 4 heteroatoms. The highest BCUT2D eigenvalue weighted by Gasteiger charge is 1.97. The van der Waals surface area contributed by atoms with Crippen molar-refractivity contribution in [3.05, 3.63) is 22.8 Å². The Morgan fingerprint density at radius 1 is 1.12 bits per heavy atom. The molecule has 0 amide bonds. The SMILES string of the molecule is C=CC(=O)OCCCCCCCC(=O)/C=C/I. The zero-order valence-corrected chi connectivity index (χ0v) is 12.1. The van der Waals surface area contributed by atoms with Crippen LogP contribution in [0.15, 0.2) is 22.8 Å². The van der Waals surface area contributed by atoms with Crippen molar-refractivity contribution in [1.29, 1.82) is 0 Å². The normalized spacial score (nSPS) is 10.4. The molecule has 0 saturated carbocycles.